The minimum Gasteiger partial charge on any atom is -0.484 e. The van der Waals surface area contributed by atoms with Crippen molar-refractivity contribution >= 4 is 24.2 Å². The summed E-state index contributed by atoms with van der Waals surface area (Å²) in [4.78, 5) is 25.0. The van der Waals surface area contributed by atoms with E-state index in [0.717, 1.165) is 25.1 Å². The Morgan fingerprint density at radius 3 is 2.54 bits per heavy atom. The molecule has 1 aromatic carbocycles. The smallest absolute Gasteiger partial charge is 0.255 e. The Morgan fingerprint density at radius 2 is 1.96 bits per heavy atom. The fourth-order valence-electron chi connectivity index (χ4n) is 2.94. The monoisotopic (exact) mass is 384 g/mol. The molecule has 0 radical (unpaired) electrons. The van der Waals surface area contributed by atoms with E-state index >= 15 is 0 Å². The maximum atomic E-state index is 12.2. The van der Waals surface area contributed by atoms with Gasteiger partial charge in [-0.3, -0.25) is 14.5 Å². The zero-order valence-electron chi connectivity index (χ0n) is 15.4. The summed E-state index contributed by atoms with van der Waals surface area (Å²) in [6.45, 7) is 6.65. The molecule has 146 valence electrons. The molecule has 0 bridgehead atoms. The average Bonchev–Trinajstić information content (AvgIpc) is 2.55. The van der Waals surface area contributed by atoms with Gasteiger partial charge in [-0.15, -0.1) is 12.4 Å². The molecular formula is C18H29ClN4O3. The van der Waals surface area contributed by atoms with E-state index < -0.39 is 5.91 Å². The first-order chi connectivity index (χ1) is 11.8. The number of hydrogen-bond acceptors (Lipinski definition) is 5. The van der Waals surface area contributed by atoms with Gasteiger partial charge < -0.3 is 21.5 Å². The van der Waals surface area contributed by atoms with Gasteiger partial charge in [-0.25, -0.2) is 0 Å². The summed E-state index contributed by atoms with van der Waals surface area (Å²) in [6, 6.07) is 7.37. The van der Waals surface area contributed by atoms with Crippen molar-refractivity contribution in [2.45, 2.75) is 32.9 Å². The van der Waals surface area contributed by atoms with E-state index in [1.807, 2.05) is 12.1 Å². The van der Waals surface area contributed by atoms with Gasteiger partial charge >= 0.3 is 0 Å². The molecule has 5 N–H and O–H groups in total. The third-order valence-corrected chi connectivity index (χ3v) is 4.55. The molecule has 1 atom stereocenters. The molecule has 1 aliphatic heterocycles. The van der Waals surface area contributed by atoms with Gasteiger partial charge in [-0.1, -0.05) is 26.0 Å². The van der Waals surface area contributed by atoms with E-state index in [0.29, 0.717) is 18.8 Å². The van der Waals surface area contributed by atoms with Crippen molar-refractivity contribution in [2.75, 3.05) is 26.2 Å². The molecule has 0 aromatic heterocycles. The van der Waals surface area contributed by atoms with Crippen molar-refractivity contribution in [3.63, 3.8) is 0 Å². The van der Waals surface area contributed by atoms with Crippen molar-refractivity contribution in [1.29, 1.82) is 0 Å². The van der Waals surface area contributed by atoms with Crippen LogP contribution in [0.5, 0.6) is 5.75 Å². The number of primary amides is 1. The van der Waals surface area contributed by atoms with E-state index in [4.69, 9.17) is 16.2 Å². The molecule has 0 saturated carbocycles. The minimum atomic E-state index is -0.516. The third kappa shape index (κ3) is 6.82. The lowest BCUT2D eigenvalue weighted by molar-refractivity contribution is -0.123. The van der Waals surface area contributed by atoms with Crippen LogP contribution in [-0.2, 0) is 16.1 Å². The molecule has 1 aromatic rings. The Bertz CT molecular complexity index is 607. The van der Waals surface area contributed by atoms with Crippen molar-refractivity contribution in [1.82, 2.24) is 10.2 Å². The summed E-state index contributed by atoms with van der Waals surface area (Å²) in [7, 11) is 0. The second kappa shape index (κ2) is 9.75. The van der Waals surface area contributed by atoms with Gasteiger partial charge in [0.2, 0.25) is 5.91 Å². The topological polar surface area (TPSA) is 111 Å². The van der Waals surface area contributed by atoms with Crippen LogP contribution in [0.2, 0.25) is 0 Å². The summed E-state index contributed by atoms with van der Waals surface area (Å²) in [6.07, 6.45) is 0.910. The number of amides is 2. The molecule has 2 rings (SSSR count). The molecule has 7 nitrogen and oxygen atoms in total. The predicted octanol–water partition coefficient (Wildman–Crippen LogP) is 0.648. The van der Waals surface area contributed by atoms with Crippen LogP contribution in [0.25, 0.3) is 0 Å². The number of rotatable bonds is 7. The lowest BCUT2D eigenvalue weighted by Gasteiger charge is -2.42. The van der Waals surface area contributed by atoms with Gasteiger partial charge in [0.25, 0.3) is 5.91 Å². The van der Waals surface area contributed by atoms with Gasteiger partial charge in [0.1, 0.15) is 5.75 Å². The number of piperidine rings is 1. The first-order valence-corrected chi connectivity index (χ1v) is 8.51. The highest BCUT2D eigenvalue weighted by Gasteiger charge is 2.33. The lowest BCUT2D eigenvalue weighted by atomic mass is 9.80. The average molecular weight is 385 g/mol. The zero-order valence-corrected chi connectivity index (χ0v) is 16.2. The SMILES string of the molecule is CC1(C)CN(CC(=O)NCc2ccc(OCC(N)=O)cc2)CCC1N.Cl. The second-order valence-corrected chi connectivity index (χ2v) is 7.27. The van der Waals surface area contributed by atoms with E-state index in [2.05, 4.69) is 24.1 Å². The molecular weight excluding hydrogens is 356 g/mol. The fourth-order valence-corrected chi connectivity index (χ4v) is 2.94. The van der Waals surface area contributed by atoms with E-state index in [1.54, 1.807) is 12.1 Å². The Hall–Kier alpha value is -1.83. The summed E-state index contributed by atoms with van der Waals surface area (Å²) in [5.41, 5.74) is 12.1. The fraction of sp³-hybridized carbons (Fsp3) is 0.556. The van der Waals surface area contributed by atoms with Crippen LogP contribution < -0.4 is 21.5 Å². The van der Waals surface area contributed by atoms with Crippen LogP contribution in [0.4, 0.5) is 0 Å². The van der Waals surface area contributed by atoms with Crippen molar-refractivity contribution in [3.05, 3.63) is 29.8 Å². The number of carbonyl (C=O) groups excluding carboxylic acids is 2. The number of benzene rings is 1. The highest BCUT2D eigenvalue weighted by Crippen LogP contribution is 2.27. The third-order valence-electron chi connectivity index (χ3n) is 4.55. The molecule has 1 fully saturated rings. The number of hydrogen-bond donors (Lipinski definition) is 3. The Balaban J connectivity index is 0.00000338. The van der Waals surface area contributed by atoms with Crippen LogP contribution in [0, 0.1) is 5.41 Å². The molecule has 8 heteroatoms. The van der Waals surface area contributed by atoms with E-state index in [-0.39, 0.29) is 36.4 Å². The van der Waals surface area contributed by atoms with E-state index in [9.17, 15) is 9.59 Å². The van der Waals surface area contributed by atoms with E-state index in [1.165, 1.54) is 0 Å². The highest BCUT2D eigenvalue weighted by molar-refractivity contribution is 5.85. The number of carbonyl (C=O) groups is 2. The summed E-state index contributed by atoms with van der Waals surface area (Å²) < 4.78 is 5.20. The van der Waals surface area contributed by atoms with Gasteiger partial charge in [0.05, 0.1) is 6.54 Å². The molecule has 0 aliphatic carbocycles. The van der Waals surface area contributed by atoms with Gasteiger partial charge in [-0.05, 0) is 29.5 Å². The van der Waals surface area contributed by atoms with Crippen LogP contribution in [-0.4, -0.2) is 49.0 Å². The second-order valence-electron chi connectivity index (χ2n) is 7.27. The molecule has 0 spiro atoms. The minimum absolute atomic E-state index is 0. The van der Waals surface area contributed by atoms with Crippen LogP contribution in [0.15, 0.2) is 24.3 Å². The normalized spacial score (nSPS) is 19.3. The maximum Gasteiger partial charge on any atom is 0.255 e. The number of nitrogens with zero attached hydrogens (tertiary/aromatic N) is 1. The highest BCUT2D eigenvalue weighted by atomic mass is 35.5. The molecule has 26 heavy (non-hydrogen) atoms. The van der Waals surface area contributed by atoms with Crippen LogP contribution in [0.1, 0.15) is 25.8 Å². The van der Waals surface area contributed by atoms with Gasteiger partial charge in [-0.2, -0.15) is 0 Å². The number of nitrogens with one attached hydrogen (secondary N) is 1. The first kappa shape index (κ1) is 22.2. The maximum absolute atomic E-state index is 12.2. The van der Waals surface area contributed by atoms with Gasteiger partial charge in [0.15, 0.2) is 6.61 Å². The number of ether oxygens (including phenoxy) is 1. The Kier molecular flexibility index (Phi) is 8.33. The predicted molar refractivity (Wildman–Crippen MR) is 103 cm³/mol. The quantitative estimate of drug-likeness (QED) is 0.639. The van der Waals surface area contributed by atoms with Crippen LogP contribution in [0.3, 0.4) is 0 Å². The number of halogens is 1. The zero-order chi connectivity index (χ0) is 18.4. The molecule has 1 heterocycles. The van der Waals surface area contributed by atoms with Crippen molar-refractivity contribution in [3.8, 4) is 5.75 Å². The van der Waals surface area contributed by atoms with Crippen molar-refractivity contribution < 1.29 is 14.3 Å². The summed E-state index contributed by atoms with van der Waals surface area (Å²) >= 11 is 0. The number of nitrogens with two attached hydrogens (primary N) is 2. The standard InChI is InChI=1S/C18H28N4O3.ClH/c1-18(2)12-22(8-7-15(18)19)10-17(24)21-9-13-3-5-14(6-4-13)25-11-16(20)23;/h3-6,15H,7-12,19H2,1-2H3,(H2,20,23)(H,21,24);1H. The Morgan fingerprint density at radius 1 is 1.31 bits per heavy atom. The summed E-state index contributed by atoms with van der Waals surface area (Å²) in [5, 5.41) is 2.93. The molecule has 1 aliphatic rings. The Labute approximate surface area is 160 Å². The van der Waals surface area contributed by atoms with Gasteiger partial charge in [0, 0.05) is 25.7 Å². The number of likely N-dealkylation sites (tertiary alicyclic amines) is 1. The largest absolute Gasteiger partial charge is 0.484 e. The lowest BCUT2D eigenvalue weighted by Crippen LogP contribution is -2.54. The summed E-state index contributed by atoms with van der Waals surface area (Å²) in [5.74, 6) is 0.0549. The first-order valence-electron chi connectivity index (χ1n) is 8.51. The molecule has 1 saturated heterocycles. The van der Waals surface area contributed by atoms with Crippen molar-refractivity contribution in [2.24, 2.45) is 16.9 Å². The molecule has 2 amide bonds. The molecule has 1 unspecified atom stereocenters. The van der Waals surface area contributed by atoms with Crippen LogP contribution >= 0.6 is 12.4 Å².